The molecule has 2 aliphatic carbocycles. The highest BCUT2D eigenvalue weighted by molar-refractivity contribution is 6.74. The minimum Gasteiger partial charge on any atom is -0.507 e. The third-order valence-electron chi connectivity index (χ3n) is 7.38. The molecule has 2 aromatic rings. The molecule has 4 rings (SSSR count). The van der Waals surface area contributed by atoms with Crippen LogP contribution in [0.4, 0.5) is 0 Å². The standard InChI is InChI=1S/C25H30O6Si/c1-24(2,3)32(4,5)31-13-25(30)11-10-16-17(12-25)23(29)19-18(22(16)28)20(26)14-8-6-7-9-15(14)21(19)27/h6-9,28-30H,10-13H2,1-5H3/t25-/m1/s1. The van der Waals surface area contributed by atoms with Gasteiger partial charge in [-0.2, -0.15) is 0 Å². The van der Waals surface area contributed by atoms with Crippen LogP contribution in [0, 0.1) is 0 Å². The monoisotopic (exact) mass is 454 g/mol. The zero-order chi connectivity index (χ0) is 23.6. The summed E-state index contributed by atoms with van der Waals surface area (Å²) < 4.78 is 6.24. The first-order chi connectivity index (χ1) is 14.8. The molecule has 0 bridgehead atoms. The number of phenolic OH excluding ortho intramolecular Hbond substituents is 2. The summed E-state index contributed by atoms with van der Waals surface area (Å²) in [4.78, 5) is 26.2. The topological polar surface area (TPSA) is 104 Å². The Morgan fingerprint density at radius 1 is 0.969 bits per heavy atom. The van der Waals surface area contributed by atoms with Gasteiger partial charge in [0.2, 0.25) is 0 Å². The molecule has 0 fully saturated rings. The van der Waals surface area contributed by atoms with Crippen molar-refractivity contribution in [2.75, 3.05) is 6.61 Å². The molecule has 0 radical (unpaired) electrons. The number of aromatic hydroxyl groups is 2. The number of hydrogen-bond donors (Lipinski definition) is 3. The van der Waals surface area contributed by atoms with Crippen LogP contribution in [0.15, 0.2) is 24.3 Å². The second kappa shape index (κ2) is 7.27. The quantitative estimate of drug-likeness (QED) is 0.406. The SMILES string of the molecule is CC(C)(C)[Si](C)(C)OC[C@@]1(O)CCc2c(O)c3c(c(O)c2C1)C(=O)c1ccccc1C3=O. The molecule has 0 unspecified atom stereocenters. The normalized spacial score (nSPS) is 20.6. The highest BCUT2D eigenvalue weighted by atomic mass is 28.4. The summed E-state index contributed by atoms with van der Waals surface area (Å²) in [6, 6.07) is 6.40. The average molecular weight is 455 g/mol. The number of benzene rings is 2. The fourth-order valence-electron chi connectivity index (χ4n) is 4.30. The van der Waals surface area contributed by atoms with Crippen molar-refractivity contribution in [1.29, 1.82) is 0 Å². The number of carbonyl (C=O) groups is 2. The van der Waals surface area contributed by atoms with Crippen LogP contribution in [0.2, 0.25) is 18.1 Å². The predicted octanol–water partition coefficient (Wildman–Crippen LogP) is 4.11. The van der Waals surface area contributed by atoms with E-state index in [9.17, 15) is 24.9 Å². The van der Waals surface area contributed by atoms with Crippen LogP contribution in [-0.2, 0) is 17.3 Å². The Labute approximate surface area is 189 Å². The largest absolute Gasteiger partial charge is 0.507 e. The lowest BCUT2D eigenvalue weighted by atomic mass is 9.74. The van der Waals surface area contributed by atoms with E-state index in [1.165, 1.54) is 6.07 Å². The molecule has 2 aromatic carbocycles. The first-order valence-corrected chi connectivity index (χ1v) is 13.8. The number of rotatable bonds is 3. The van der Waals surface area contributed by atoms with Crippen molar-refractivity contribution in [2.45, 2.75) is 63.8 Å². The van der Waals surface area contributed by atoms with Gasteiger partial charge in [-0.25, -0.2) is 0 Å². The molecule has 170 valence electrons. The molecule has 32 heavy (non-hydrogen) atoms. The summed E-state index contributed by atoms with van der Waals surface area (Å²) in [6.07, 6.45) is 0.619. The molecule has 6 nitrogen and oxygen atoms in total. The summed E-state index contributed by atoms with van der Waals surface area (Å²) >= 11 is 0. The molecule has 0 saturated heterocycles. The lowest BCUT2D eigenvalue weighted by molar-refractivity contribution is -0.0210. The van der Waals surface area contributed by atoms with Gasteiger partial charge in [-0.15, -0.1) is 0 Å². The minimum absolute atomic E-state index is 0.0183. The second-order valence-corrected chi connectivity index (χ2v) is 15.4. The van der Waals surface area contributed by atoms with Crippen LogP contribution in [0.3, 0.4) is 0 Å². The number of ketones is 2. The molecule has 1 atom stereocenters. The van der Waals surface area contributed by atoms with E-state index in [4.69, 9.17) is 4.43 Å². The van der Waals surface area contributed by atoms with Crippen LogP contribution < -0.4 is 0 Å². The third kappa shape index (κ3) is 3.39. The summed E-state index contributed by atoms with van der Waals surface area (Å²) in [7, 11) is -2.11. The Morgan fingerprint density at radius 3 is 1.97 bits per heavy atom. The van der Waals surface area contributed by atoms with Gasteiger partial charge in [0.15, 0.2) is 19.9 Å². The number of carbonyl (C=O) groups excluding carboxylic acids is 2. The molecular formula is C25H30O6Si. The van der Waals surface area contributed by atoms with Crippen molar-refractivity contribution in [3.05, 3.63) is 57.6 Å². The first-order valence-electron chi connectivity index (χ1n) is 10.9. The van der Waals surface area contributed by atoms with Crippen LogP contribution in [0.1, 0.15) is 70.2 Å². The molecule has 7 heteroatoms. The van der Waals surface area contributed by atoms with Crippen molar-refractivity contribution in [2.24, 2.45) is 0 Å². The van der Waals surface area contributed by atoms with E-state index < -0.39 is 25.5 Å². The van der Waals surface area contributed by atoms with E-state index in [1.54, 1.807) is 18.2 Å². The Balaban J connectivity index is 1.74. The Hall–Kier alpha value is -2.48. The second-order valence-electron chi connectivity index (χ2n) is 10.6. The predicted molar refractivity (Wildman–Crippen MR) is 123 cm³/mol. The van der Waals surface area contributed by atoms with Gasteiger partial charge in [0.25, 0.3) is 0 Å². The highest BCUT2D eigenvalue weighted by Crippen LogP contribution is 2.47. The molecule has 0 aromatic heterocycles. The zero-order valence-electron chi connectivity index (χ0n) is 19.2. The van der Waals surface area contributed by atoms with Gasteiger partial charge >= 0.3 is 0 Å². The minimum atomic E-state index is -2.11. The van der Waals surface area contributed by atoms with Gasteiger partial charge in [-0.3, -0.25) is 9.59 Å². The van der Waals surface area contributed by atoms with E-state index in [1.807, 2.05) is 0 Å². The maximum absolute atomic E-state index is 13.1. The Morgan fingerprint density at radius 2 is 1.47 bits per heavy atom. The number of phenols is 2. The molecule has 0 heterocycles. The van der Waals surface area contributed by atoms with E-state index in [0.717, 1.165) is 0 Å². The van der Waals surface area contributed by atoms with Crippen LogP contribution in [0.25, 0.3) is 0 Å². The summed E-state index contributed by atoms with van der Waals surface area (Å²) in [6.45, 7) is 10.7. The smallest absolute Gasteiger partial charge is 0.198 e. The van der Waals surface area contributed by atoms with Gasteiger partial charge < -0.3 is 19.7 Å². The lowest BCUT2D eigenvalue weighted by Crippen LogP contribution is -2.48. The van der Waals surface area contributed by atoms with Crippen molar-refractivity contribution < 1.29 is 29.3 Å². The summed E-state index contributed by atoms with van der Waals surface area (Å²) in [5.74, 6) is -1.58. The van der Waals surface area contributed by atoms with Gasteiger partial charge in [0.1, 0.15) is 11.5 Å². The molecule has 0 aliphatic heterocycles. The molecule has 3 N–H and O–H groups in total. The maximum atomic E-state index is 13.1. The molecular weight excluding hydrogens is 424 g/mol. The van der Waals surface area contributed by atoms with E-state index in [-0.39, 0.29) is 58.2 Å². The number of fused-ring (bicyclic) bond motifs is 3. The van der Waals surface area contributed by atoms with Gasteiger partial charge in [-0.1, -0.05) is 45.0 Å². The molecule has 0 spiro atoms. The van der Waals surface area contributed by atoms with Gasteiger partial charge in [0, 0.05) is 28.7 Å². The zero-order valence-corrected chi connectivity index (χ0v) is 20.2. The fourth-order valence-corrected chi connectivity index (χ4v) is 5.37. The highest BCUT2D eigenvalue weighted by Gasteiger charge is 2.44. The van der Waals surface area contributed by atoms with Gasteiger partial charge in [-0.05, 0) is 31.0 Å². The van der Waals surface area contributed by atoms with Gasteiger partial charge in [0.05, 0.1) is 23.3 Å². The van der Waals surface area contributed by atoms with Crippen molar-refractivity contribution >= 4 is 19.9 Å². The third-order valence-corrected chi connectivity index (χ3v) is 11.9. The first kappa shape index (κ1) is 22.7. The van der Waals surface area contributed by atoms with Crippen molar-refractivity contribution in [3.63, 3.8) is 0 Å². The van der Waals surface area contributed by atoms with E-state index >= 15 is 0 Å². The van der Waals surface area contributed by atoms with Crippen molar-refractivity contribution in [3.8, 4) is 11.5 Å². The Kier molecular flexibility index (Phi) is 5.15. The van der Waals surface area contributed by atoms with Crippen molar-refractivity contribution in [1.82, 2.24) is 0 Å². The van der Waals surface area contributed by atoms with Crippen LogP contribution in [-0.4, -0.2) is 47.4 Å². The summed E-state index contributed by atoms with van der Waals surface area (Å²) in [5.41, 5.74) is -0.414. The molecule has 2 aliphatic rings. The van der Waals surface area contributed by atoms with Crippen LogP contribution in [0.5, 0.6) is 11.5 Å². The summed E-state index contributed by atoms with van der Waals surface area (Å²) in [5, 5.41) is 33.3. The fraction of sp³-hybridized carbons (Fsp3) is 0.440. The Bertz CT molecular complexity index is 1140. The number of hydrogen-bond acceptors (Lipinski definition) is 6. The molecule has 0 saturated carbocycles. The average Bonchev–Trinajstić information content (AvgIpc) is 2.72. The lowest BCUT2D eigenvalue weighted by Gasteiger charge is -2.41. The van der Waals surface area contributed by atoms with Crippen LogP contribution >= 0.6 is 0 Å². The van der Waals surface area contributed by atoms with E-state index in [0.29, 0.717) is 17.5 Å². The number of aliphatic hydroxyl groups is 1. The maximum Gasteiger partial charge on any atom is 0.198 e. The molecule has 0 amide bonds. The van der Waals surface area contributed by atoms with E-state index in [2.05, 4.69) is 33.9 Å².